The molecule has 4 rings (SSSR count). The molecule has 0 unspecified atom stereocenters. The van der Waals surface area contributed by atoms with Crippen molar-refractivity contribution in [3.05, 3.63) is 59.7 Å². The molecule has 2 fully saturated rings. The van der Waals surface area contributed by atoms with Crippen LogP contribution in [0.4, 0.5) is 10.5 Å². The summed E-state index contributed by atoms with van der Waals surface area (Å²) in [4.78, 5) is 41.2. The van der Waals surface area contributed by atoms with E-state index < -0.39 is 17.5 Å². The van der Waals surface area contributed by atoms with Crippen molar-refractivity contribution in [2.24, 2.45) is 0 Å². The molecule has 4 amide bonds. The van der Waals surface area contributed by atoms with Crippen LogP contribution in [0.2, 0.25) is 0 Å². The van der Waals surface area contributed by atoms with Crippen molar-refractivity contribution in [2.45, 2.75) is 44.1 Å². The Kier molecular flexibility index (Phi) is 6.17. The molecule has 1 heterocycles. The molecule has 1 aliphatic carbocycles. The molecular weight excluding hydrogens is 406 g/mol. The minimum absolute atomic E-state index is 0.251. The van der Waals surface area contributed by atoms with Crippen LogP contribution in [0.25, 0.3) is 0 Å². The van der Waals surface area contributed by atoms with Crippen molar-refractivity contribution in [1.29, 1.82) is 0 Å². The number of hydrogen-bond acceptors (Lipinski definition) is 4. The van der Waals surface area contributed by atoms with Crippen molar-refractivity contribution in [1.82, 2.24) is 9.80 Å². The molecule has 7 heteroatoms. The van der Waals surface area contributed by atoms with Gasteiger partial charge in [0.25, 0.3) is 5.91 Å². The third-order valence-corrected chi connectivity index (χ3v) is 6.59. The number of nitrogens with one attached hydrogen (secondary N) is 1. The van der Waals surface area contributed by atoms with E-state index in [1.54, 1.807) is 20.2 Å². The molecule has 2 aliphatic rings. The SMILES string of the molecule is COc1ccc(NC(=O)CN2C(=O)N(C)C3(CCCCC3)C2=O)cc1Cc1ccccc1. The van der Waals surface area contributed by atoms with Crippen molar-refractivity contribution in [3.8, 4) is 5.75 Å². The predicted molar refractivity (Wildman–Crippen MR) is 122 cm³/mol. The first-order valence-corrected chi connectivity index (χ1v) is 11.0. The Morgan fingerprint density at radius 3 is 2.47 bits per heavy atom. The lowest BCUT2D eigenvalue weighted by atomic mass is 9.81. The molecule has 1 saturated carbocycles. The van der Waals surface area contributed by atoms with Crippen LogP contribution in [0.1, 0.15) is 43.2 Å². The van der Waals surface area contributed by atoms with Gasteiger partial charge in [-0.15, -0.1) is 0 Å². The van der Waals surface area contributed by atoms with Crippen molar-refractivity contribution in [3.63, 3.8) is 0 Å². The second kappa shape index (κ2) is 9.02. The Labute approximate surface area is 188 Å². The summed E-state index contributed by atoms with van der Waals surface area (Å²) in [5.41, 5.74) is 1.88. The fourth-order valence-corrected chi connectivity index (χ4v) is 4.83. The second-order valence-electron chi connectivity index (χ2n) is 8.56. The molecule has 32 heavy (non-hydrogen) atoms. The summed E-state index contributed by atoms with van der Waals surface area (Å²) >= 11 is 0. The van der Waals surface area contributed by atoms with Crippen LogP contribution in [0.5, 0.6) is 5.75 Å². The van der Waals surface area contributed by atoms with Crippen molar-refractivity contribution >= 4 is 23.5 Å². The lowest BCUT2D eigenvalue weighted by Gasteiger charge is -2.35. The molecule has 0 radical (unpaired) electrons. The average molecular weight is 436 g/mol. The van der Waals surface area contributed by atoms with Crippen molar-refractivity contribution < 1.29 is 19.1 Å². The number of rotatable bonds is 6. The Morgan fingerprint density at radius 2 is 1.78 bits per heavy atom. The molecule has 7 nitrogen and oxygen atoms in total. The number of methoxy groups -OCH3 is 1. The van der Waals surface area contributed by atoms with Crippen LogP contribution in [-0.2, 0) is 16.0 Å². The van der Waals surface area contributed by atoms with E-state index in [0.717, 1.165) is 41.0 Å². The van der Waals surface area contributed by atoms with Gasteiger partial charge in [0.05, 0.1) is 7.11 Å². The molecule has 1 aliphatic heterocycles. The summed E-state index contributed by atoms with van der Waals surface area (Å²) in [5, 5.41) is 2.83. The van der Waals surface area contributed by atoms with Crippen molar-refractivity contribution in [2.75, 3.05) is 26.0 Å². The normalized spacial score (nSPS) is 17.7. The fraction of sp³-hybridized carbons (Fsp3) is 0.400. The Balaban J connectivity index is 1.46. The smallest absolute Gasteiger partial charge is 0.327 e. The van der Waals surface area contributed by atoms with Gasteiger partial charge < -0.3 is 15.0 Å². The van der Waals surface area contributed by atoms with E-state index in [4.69, 9.17) is 4.74 Å². The predicted octanol–water partition coefficient (Wildman–Crippen LogP) is 3.82. The molecule has 1 saturated heterocycles. The third kappa shape index (κ3) is 4.07. The van der Waals surface area contributed by atoms with Gasteiger partial charge in [-0.3, -0.25) is 14.5 Å². The first kappa shape index (κ1) is 21.9. The number of imide groups is 1. The number of carbonyl (C=O) groups is 3. The number of ether oxygens (including phenoxy) is 1. The molecule has 2 aromatic carbocycles. The van der Waals surface area contributed by atoms with E-state index in [1.165, 1.54) is 4.90 Å². The maximum Gasteiger partial charge on any atom is 0.327 e. The van der Waals surface area contributed by atoms with Crippen LogP contribution in [0.3, 0.4) is 0 Å². The zero-order valence-corrected chi connectivity index (χ0v) is 18.6. The first-order valence-electron chi connectivity index (χ1n) is 11.0. The molecule has 1 N–H and O–H groups in total. The van der Waals surface area contributed by atoms with Gasteiger partial charge in [0.2, 0.25) is 5.91 Å². The number of carbonyl (C=O) groups excluding carboxylic acids is 3. The highest BCUT2D eigenvalue weighted by atomic mass is 16.5. The van der Waals surface area contributed by atoms with Gasteiger partial charge >= 0.3 is 6.03 Å². The van der Waals surface area contributed by atoms with Gasteiger partial charge in [0, 0.05) is 24.7 Å². The summed E-state index contributed by atoms with van der Waals surface area (Å²) in [6.45, 7) is -0.288. The number of hydrogen-bond donors (Lipinski definition) is 1. The van der Waals surface area contributed by atoms with Gasteiger partial charge in [-0.1, -0.05) is 49.6 Å². The summed E-state index contributed by atoms with van der Waals surface area (Å²) in [5.74, 6) is 0.0840. The van der Waals surface area contributed by atoms with Gasteiger partial charge in [0.15, 0.2) is 0 Å². The van der Waals surface area contributed by atoms with E-state index in [2.05, 4.69) is 5.32 Å². The van der Waals surface area contributed by atoms with E-state index >= 15 is 0 Å². The van der Waals surface area contributed by atoms with E-state index in [0.29, 0.717) is 24.9 Å². The largest absolute Gasteiger partial charge is 0.496 e. The Hall–Kier alpha value is -3.35. The lowest BCUT2D eigenvalue weighted by molar-refractivity contribution is -0.136. The molecular formula is C25H29N3O4. The third-order valence-electron chi connectivity index (χ3n) is 6.59. The van der Waals surface area contributed by atoms with Crippen LogP contribution >= 0.6 is 0 Å². The minimum atomic E-state index is -0.779. The average Bonchev–Trinajstić information content (AvgIpc) is 2.97. The van der Waals surface area contributed by atoms with Crippen LogP contribution in [0.15, 0.2) is 48.5 Å². The van der Waals surface area contributed by atoms with Gasteiger partial charge in [-0.25, -0.2) is 4.79 Å². The number of amides is 4. The van der Waals surface area contributed by atoms with E-state index in [-0.39, 0.29) is 12.5 Å². The summed E-state index contributed by atoms with van der Waals surface area (Å²) in [6.07, 6.45) is 4.88. The highest BCUT2D eigenvalue weighted by Crippen LogP contribution is 2.39. The topological polar surface area (TPSA) is 79.0 Å². The monoisotopic (exact) mass is 435 g/mol. The number of anilines is 1. The zero-order chi connectivity index (χ0) is 22.7. The molecule has 2 aromatic rings. The zero-order valence-electron chi connectivity index (χ0n) is 18.6. The lowest BCUT2D eigenvalue weighted by Crippen LogP contribution is -2.49. The molecule has 0 aromatic heterocycles. The standard InChI is InChI=1S/C25H29N3O4/c1-27-24(31)28(23(30)25(27)13-7-4-8-14-25)17-22(29)26-20-11-12-21(32-2)19(16-20)15-18-9-5-3-6-10-18/h3,5-6,9-12,16H,4,7-8,13-15,17H2,1-2H3,(H,26,29). The number of likely N-dealkylation sites (N-methyl/N-ethyl adjacent to an activating group) is 1. The quantitative estimate of drug-likeness (QED) is 0.700. The Bertz CT molecular complexity index is 1020. The summed E-state index contributed by atoms with van der Waals surface area (Å²) in [6, 6.07) is 15.0. The summed E-state index contributed by atoms with van der Waals surface area (Å²) < 4.78 is 5.47. The minimum Gasteiger partial charge on any atom is -0.496 e. The number of urea groups is 1. The van der Waals surface area contributed by atoms with Crippen LogP contribution in [-0.4, -0.2) is 53.9 Å². The highest BCUT2D eigenvalue weighted by Gasteiger charge is 2.55. The highest BCUT2D eigenvalue weighted by molar-refractivity contribution is 6.10. The van der Waals surface area contributed by atoms with E-state index in [9.17, 15) is 14.4 Å². The number of nitrogens with zero attached hydrogens (tertiary/aromatic N) is 2. The molecule has 1 spiro atoms. The van der Waals surface area contributed by atoms with Gasteiger partial charge in [-0.2, -0.15) is 0 Å². The van der Waals surface area contributed by atoms with Gasteiger partial charge in [0.1, 0.15) is 17.8 Å². The maximum absolute atomic E-state index is 13.1. The van der Waals surface area contributed by atoms with Crippen LogP contribution in [0, 0.1) is 0 Å². The second-order valence-corrected chi connectivity index (χ2v) is 8.56. The number of benzene rings is 2. The first-order chi connectivity index (χ1) is 15.4. The maximum atomic E-state index is 13.1. The fourth-order valence-electron chi connectivity index (χ4n) is 4.83. The summed E-state index contributed by atoms with van der Waals surface area (Å²) in [7, 11) is 3.28. The molecule has 168 valence electrons. The molecule has 0 bridgehead atoms. The van der Waals surface area contributed by atoms with E-state index in [1.807, 2.05) is 42.5 Å². The Morgan fingerprint density at radius 1 is 1.06 bits per heavy atom. The van der Waals surface area contributed by atoms with Crippen LogP contribution < -0.4 is 10.1 Å². The molecule has 0 atom stereocenters. The van der Waals surface area contributed by atoms with Gasteiger partial charge in [-0.05, 0) is 36.6 Å².